The number of ether oxygens (including phenoxy) is 1. The lowest BCUT2D eigenvalue weighted by atomic mass is 10.1. The van der Waals surface area contributed by atoms with E-state index in [-0.39, 0.29) is 26.2 Å². The molecule has 2 aromatic rings. The highest BCUT2D eigenvalue weighted by Gasteiger charge is 2.55. The monoisotopic (exact) mass is 409 g/mol. The summed E-state index contributed by atoms with van der Waals surface area (Å²) in [6.45, 7) is 7.63. The molecule has 1 atom stereocenters. The van der Waals surface area contributed by atoms with E-state index in [1.54, 1.807) is 31.6 Å². The molecule has 1 aromatic heterocycles. The van der Waals surface area contributed by atoms with Crippen molar-refractivity contribution in [2.45, 2.75) is 45.8 Å². The van der Waals surface area contributed by atoms with E-state index in [0.29, 0.717) is 12.2 Å². The molecule has 0 fully saturated rings. The Morgan fingerprint density at radius 2 is 1.75 bits per heavy atom. The molecule has 28 heavy (non-hydrogen) atoms. The van der Waals surface area contributed by atoms with E-state index in [9.17, 15) is 9.36 Å². The quantitative estimate of drug-likeness (QED) is 0.414. The van der Waals surface area contributed by atoms with Gasteiger partial charge in [-0.3, -0.25) is 9.36 Å². The molecule has 0 N–H and O–H groups in total. The summed E-state index contributed by atoms with van der Waals surface area (Å²) in [7, 11) is -3.80. The highest BCUT2D eigenvalue weighted by atomic mass is 31.2. The van der Waals surface area contributed by atoms with Crippen molar-refractivity contribution in [3.05, 3.63) is 47.8 Å². The van der Waals surface area contributed by atoms with Crippen molar-refractivity contribution >= 4 is 13.6 Å². The van der Waals surface area contributed by atoms with Crippen LogP contribution in [0.15, 0.2) is 36.5 Å². The molecule has 0 radical (unpaired) electrons. The molecular formula is C19H28N3O5P. The number of hydrogen-bond acceptors (Lipinski definition) is 7. The molecule has 0 aliphatic heterocycles. The van der Waals surface area contributed by atoms with E-state index in [2.05, 4.69) is 10.3 Å². The molecular weight excluding hydrogens is 381 g/mol. The van der Waals surface area contributed by atoms with E-state index in [1.165, 1.54) is 6.92 Å². The summed E-state index contributed by atoms with van der Waals surface area (Å²) in [5, 5.41) is 6.74. The highest BCUT2D eigenvalue weighted by molar-refractivity contribution is 7.56. The van der Waals surface area contributed by atoms with Crippen LogP contribution in [0.1, 0.15) is 39.0 Å². The molecule has 0 bridgehead atoms. The van der Waals surface area contributed by atoms with E-state index in [0.717, 1.165) is 5.56 Å². The molecule has 0 amide bonds. The van der Waals surface area contributed by atoms with Gasteiger partial charge in [-0.2, -0.15) is 0 Å². The van der Waals surface area contributed by atoms with E-state index >= 15 is 0 Å². The molecule has 1 heterocycles. The Morgan fingerprint density at radius 1 is 1.11 bits per heavy atom. The average molecular weight is 409 g/mol. The molecule has 1 aromatic carbocycles. The number of nitrogens with zero attached hydrogens (tertiary/aromatic N) is 3. The first-order chi connectivity index (χ1) is 13.4. The number of carbonyl (C=O) groups is 1. The fourth-order valence-electron chi connectivity index (χ4n) is 2.85. The summed E-state index contributed by atoms with van der Waals surface area (Å²) in [5.41, 5.74) is 1.58. The van der Waals surface area contributed by atoms with Crippen LogP contribution in [-0.2, 0) is 36.1 Å². The standard InChI is InChI=1S/C19H28N3O5P/c1-5-25-18(23)19(4,28(24,26-6-2)27-7-3)13-17-15-22(21-20-17)14-16-11-9-8-10-12-16/h8-12,15H,5-7,13-14H2,1-4H3. The van der Waals surface area contributed by atoms with Crippen molar-refractivity contribution in [1.82, 2.24) is 15.0 Å². The Kier molecular flexibility index (Phi) is 7.92. The average Bonchev–Trinajstić information content (AvgIpc) is 3.09. The molecule has 1 unspecified atom stereocenters. The second-order valence-electron chi connectivity index (χ2n) is 6.40. The molecule has 0 aliphatic carbocycles. The lowest BCUT2D eigenvalue weighted by Crippen LogP contribution is -2.40. The number of carbonyl (C=O) groups excluding carboxylic acids is 1. The smallest absolute Gasteiger partial charge is 0.348 e. The minimum atomic E-state index is -3.80. The Balaban J connectivity index is 2.30. The first-order valence-corrected chi connectivity index (χ1v) is 10.9. The first-order valence-electron chi connectivity index (χ1n) is 9.37. The summed E-state index contributed by atoms with van der Waals surface area (Å²) in [4.78, 5) is 12.8. The minimum Gasteiger partial charge on any atom is -0.465 e. The topological polar surface area (TPSA) is 92.5 Å². The van der Waals surface area contributed by atoms with Gasteiger partial charge in [0.15, 0.2) is 5.16 Å². The summed E-state index contributed by atoms with van der Waals surface area (Å²) in [5.74, 6) is -0.641. The minimum absolute atomic E-state index is 0.0257. The third-order valence-electron chi connectivity index (χ3n) is 4.22. The fraction of sp³-hybridized carbons (Fsp3) is 0.526. The van der Waals surface area contributed by atoms with Gasteiger partial charge in [0.05, 0.1) is 32.1 Å². The zero-order chi connectivity index (χ0) is 20.6. The predicted octanol–water partition coefficient (Wildman–Crippen LogP) is 3.46. The Hall–Kier alpha value is -2.02. The van der Waals surface area contributed by atoms with E-state index < -0.39 is 18.7 Å². The molecule has 0 saturated carbocycles. The molecule has 0 saturated heterocycles. The highest BCUT2D eigenvalue weighted by Crippen LogP contribution is 2.61. The fourth-order valence-corrected chi connectivity index (χ4v) is 4.82. The lowest BCUT2D eigenvalue weighted by Gasteiger charge is -2.33. The van der Waals surface area contributed by atoms with Crippen molar-refractivity contribution in [3.8, 4) is 0 Å². The van der Waals surface area contributed by atoms with Crippen LogP contribution >= 0.6 is 7.60 Å². The second-order valence-corrected chi connectivity index (χ2v) is 8.90. The van der Waals surface area contributed by atoms with Crippen LogP contribution in [0.4, 0.5) is 0 Å². The number of hydrogen-bond donors (Lipinski definition) is 0. The van der Waals surface area contributed by atoms with Gasteiger partial charge in [-0.25, -0.2) is 4.68 Å². The van der Waals surface area contributed by atoms with E-state index in [1.807, 2.05) is 30.3 Å². The van der Waals surface area contributed by atoms with Crippen molar-refractivity contribution in [2.75, 3.05) is 19.8 Å². The first kappa shape index (κ1) is 22.3. The largest absolute Gasteiger partial charge is 0.465 e. The van der Waals surface area contributed by atoms with Gasteiger partial charge < -0.3 is 13.8 Å². The van der Waals surface area contributed by atoms with Crippen LogP contribution in [-0.4, -0.2) is 45.9 Å². The molecule has 9 heteroatoms. The van der Waals surface area contributed by atoms with Gasteiger partial charge in [0.2, 0.25) is 0 Å². The van der Waals surface area contributed by atoms with Gasteiger partial charge in [0.25, 0.3) is 0 Å². The van der Waals surface area contributed by atoms with Gasteiger partial charge in [-0.15, -0.1) is 5.10 Å². The number of esters is 1. The summed E-state index contributed by atoms with van der Waals surface area (Å²) in [6.07, 6.45) is 1.75. The SMILES string of the molecule is CCOC(=O)C(C)(Cc1cn(Cc2ccccc2)nn1)P(=O)(OCC)OCC. The van der Waals surface area contributed by atoms with Gasteiger partial charge in [0, 0.05) is 12.6 Å². The Bertz CT molecular complexity index is 801. The summed E-state index contributed by atoms with van der Waals surface area (Å²) >= 11 is 0. The third kappa shape index (κ3) is 5.07. The van der Waals surface area contributed by atoms with Crippen molar-refractivity contribution in [2.24, 2.45) is 0 Å². The van der Waals surface area contributed by atoms with Gasteiger partial charge in [-0.1, -0.05) is 35.5 Å². The molecule has 0 spiro atoms. The number of benzene rings is 1. The molecule has 2 rings (SSSR count). The van der Waals surface area contributed by atoms with Crippen LogP contribution in [0.2, 0.25) is 0 Å². The van der Waals surface area contributed by atoms with E-state index in [4.69, 9.17) is 13.8 Å². The normalized spacial score (nSPS) is 13.9. The van der Waals surface area contributed by atoms with Crippen LogP contribution in [0.3, 0.4) is 0 Å². The summed E-state index contributed by atoms with van der Waals surface area (Å²) in [6, 6.07) is 9.82. The van der Waals surface area contributed by atoms with Crippen LogP contribution in [0, 0.1) is 0 Å². The number of aromatic nitrogens is 3. The van der Waals surface area contributed by atoms with Crippen molar-refractivity contribution in [1.29, 1.82) is 0 Å². The molecule has 154 valence electrons. The Labute approximate surface area is 165 Å². The van der Waals surface area contributed by atoms with Crippen LogP contribution in [0.25, 0.3) is 0 Å². The van der Waals surface area contributed by atoms with Crippen LogP contribution in [0.5, 0.6) is 0 Å². The maximum atomic E-state index is 13.5. The molecule has 8 nitrogen and oxygen atoms in total. The number of rotatable bonds is 11. The van der Waals surface area contributed by atoms with Crippen LogP contribution < -0.4 is 0 Å². The lowest BCUT2D eigenvalue weighted by molar-refractivity contribution is -0.146. The third-order valence-corrected chi connectivity index (χ3v) is 6.96. The zero-order valence-corrected chi connectivity index (χ0v) is 17.7. The zero-order valence-electron chi connectivity index (χ0n) is 16.8. The van der Waals surface area contributed by atoms with Crippen molar-refractivity contribution < 1.29 is 23.1 Å². The summed E-state index contributed by atoms with van der Waals surface area (Å²) < 4.78 is 31.2. The van der Waals surface area contributed by atoms with Gasteiger partial charge in [0.1, 0.15) is 0 Å². The predicted molar refractivity (Wildman–Crippen MR) is 105 cm³/mol. The van der Waals surface area contributed by atoms with Crippen molar-refractivity contribution in [3.63, 3.8) is 0 Å². The van der Waals surface area contributed by atoms with Gasteiger partial charge >= 0.3 is 13.6 Å². The maximum Gasteiger partial charge on any atom is 0.348 e. The van der Waals surface area contributed by atoms with Gasteiger partial charge in [-0.05, 0) is 33.3 Å². The maximum absolute atomic E-state index is 13.5. The Morgan fingerprint density at radius 3 is 2.32 bits per heavy atom. The molecule has 0 aliphatic rings. The second kappa shape index (κ2) is 9.96.